The van der Waals surface area contributed by atoms with Gasteiger partial charge in [-0.3, -0.25) is 4.79 Å². The number of nitrogens with one attached hydrogen (secondary N) is 1. The molecule has 0 spiro atoms. The zero-order valence-corrected chi connectivity index (χ0v) is 16.0. The first-order chi connectivity index (χ1) is 14.6. The molecule has 2 aromatic heterocycles. The summed E-state index contributed by atoms with van der Waals surface area (Å²) >= 11 is 0. The number of alkyl halides is 3. The number of hydrogen-bond donors (Lipinski definition) is 2. The molecule has 0 radical (unpaired) electrons. The fraction of sp³-hybridized carbons (Fsp3) is 0.300. The maximum atomic E-state index is 14.4. The molecule has 6 nitrogen and oxygen atoms in total. The Bertz CT molecular complexity index is 1140. The molecule has 4 rings (SSSR count). The van der Waals surface area contributed by atoms with Crippen LogP contribution in [-0.4, -0.2) is 40.2 Å². The lowest BCUT2D eigenvalue weighted by Crippen LogP contribution is -2.38. The molecular weight excluding hydrogens is 423 g/mol. The fourth-order valence-electron chi connectivity index (χ4n) is 3.92. The maximum Gasteiger partial charge on any atom is 0.573 e. The lowest BCUT2D eigenvalue weighted by atomic mass is 9.87. The van der Waals surface area contributed by atoms with Gasteiger partial charge >= 0.3 is 6.36 Å². The smallest absolute Gasteiger partial charge is 0.403 e. The van der Waals surface area contributed by atoms with Gasteiger partial charge in [0.15, 0.2) is 11.6 Å². The first-order valence-corrected chi connectivity index (χ1v) is 9.39. The number of likely N-dealkylation sites (tertiary alicyclic amines) is 1. The van der Waals surface area contributed by atoms with Crippen LogP contribution in [0.1, 0.15) is 34.7 Å². The van der Waals surface area contributed by atoms with Crippen LogP contribution in [0.3, 0.4) is 0 Å². The van der Waals surface area contributed by atoms with Gasteiger partial charge in [0, 0.05) is 42.0 Å². The highest BCUT2D eigenvalue weighted by molar-refractivity contribution is 5.99. The highest BCUT2D eigenvalue weighted by Gasteiger charge is 2.34. The number of aromatic amines is 1. The third-order valence-corrected chi connectivity index (χ3v) is 5.33. The average molecular weight is 440 g/mol. The van der Waals surface area contributed by atoms with Crippen molar-refractivity contribution in [3.63, 3.8) is 0 Å². The van der Waals surface area contributed by atoms with Crippen molar-refractivity contribution >= 4 is 22.6 Å². The summed E-state index contributed by atoms with van der Waals surface area (Å²) in [5, 5.41) is 0.677. The number of carbonyl (C=O) groups excluding carboxylic acids is 1. The van der Waals surface area contributed by atoms with E-state index in [0.717, 1.165) is 6.20 Å². The fourth-order valence-corrected chi connectivity index (χ4v) is 3.92. The van der Waals surface area contributed by atoms with Crippen molar-refractivity contribution < 1.29 is 31.5 Å². The van der Waals surface area contributed by atoms with Crippen LogP contribution < -0.4 is 10.5 Å². The van der Waals surface area contributed by atoms with Crippen LogP contribution >= 0.6 is 0 Å². The minimum Gasteiger partial charge on any atom is -0.403 e. The summed E-state index contributed by atoms with van der Waals surface area (Å²) in [6.07, 6.45) is -1.37. The summed E-state index contributed by atoms with van der Waals surface area (Å²) in [6, 6.07) is 3.01. The Morgan fingerprint density at radius 3 is 2.58 bits per heavy atom. The number of fused-ring (bicyclic) bond motifs is 1. The molecular formula is C20H17F5N4O2. The van der Waals surface area contributed by atoms with Crippen molar-refractivity contribution in [2.45, 2.75) is 25.1 Å². The summed E-state index contributed by atoms with van der Waals surface area (Å²) in [5.74, 6) is -3.65. The standard InChI is InChI=1S/C20H17F5N4O2/c21-13-7-12(15(26)8-16(13)31-20(23,24)25)19(30)29-5-2-10(3-6-29)17-11-1-4-27-18(11)28-9-14(17)22/h1,4,7-10H,2-3,5-6,26H2,(H,27,28). The molecule has 11 heteroatoms. The van der Waals surface area contributed by atoms with Gasteiger partial charge in [-0.1, -0.05) is 0 Å². The van der Waals surface area contributed by atoms with Crippen LogP contribution in [0.4, 0.5) is 27.6 Å². The molecule has 1 amide bonds. The van der Waals surface area contributed by atoms with E-state index in [9.17, 15) is 26.7 Å². The van der Waals surface area contributed by atoms with Crippen LogP contribution in [0.5, 0.6) is 5.75 Å². The number of aromatic nitrogens is 2. The van der Waals surface area contributed by atoms with Crippen LogP contribution in [-0.2, 0) is 0 Å². The average Bonchev–Trinajstić information content (AvgIpc) is 3.18. The molecule has 0 aliphatic carbocycles. The predicted octanol–water partition coefficient (Wildman–Crippen LogP) is 4.34. The molecule has 164 valence electrons. The molecule has 1 aliphatic rings. The molecule has 0 atom stereocenters. The summed E-state index contributed by atoms with van der Waals surface area (Å²) in [7, 11) is 0. The second-order valence-corrected chi connectivity index (χ2v) is 7.24. The van der Waals surface area contributed by atoms with Crippen molar-refractivity contribution in [1.82, 2.24) is 14.9 Å². The van der Waals surface area contributed by atoms with Gasteiger partial charge in [-0.25, -0.2) is 13.8 Å². The Labute approximate surface area is 172 Å². The van der Waals surface area contributed by atoms with Gasteiger partial charge < -0.3 is 20.4 Å². The normalized spacial score (nSPS) is 15.5. The quantitative estimate of drug-likeness (QED) is 0.469. The number of nitrogens with two attached hydrogens (primary N) is 1. The van der Waals surface area contributed by atoms with Gasteiger partial charge in [-0.05, 0) is 30.9 Å². The Kier molecular flexibility index (Phi) is 5.19. The van der Waals surface area contributed by atoms with Crippen molar-refractivity contribution in [2.24, 2.45) is 0 Å². The number of pyridine rings is 1. The van der Waals surface area contributed by atoms with Gasteiger partial charge in [0.25, 0.3) is 5.91 Å². The highest BCUT2D eigenvalue weighted by Crippen LogP contribution is 2.35. The Balaban J connectivity index is 1.50. The number of hydrogen-bond acceptors (Lipinski definition) is 4. The van der Waals surface area contributed by atoms with E-state index in [1.54, 1.807) is 12.3 Å². The number of nitrogen functional groups attached to an aromatic ring is 1. The molecule has 1 saturated heterocycles. The number of anilines is 1. The first-order valence-electron chi connectivity index (χ1n) is 9.39. The number of amides is 1. The van der Waals surface area contributed by atoms with Gasteiger partial charge in [0.05, 0.1) is 11.8 Å². The number of halogens is 5. The molecule has 1 fully saturated rings. The van der Waals surface area contributed by atoms with E-state index in [1.165, 1.54) is 4.90 Å². The van der Waals surface area contributed by atoms with E-state index in [1.807, 2.05) is 0 Å². The molecule has 3 heterocycles. The van der Waals surface area contributed by atoms with Gasteiger partial charge in [0.1, 0.15) is 11.5 Å². The molecule has 1 aliphatic heterocycles. The minimum atomic E-state index is -5.09. The highest BCUT2D eigenvalue weighted by atomic mass is 19.4. The molecule has 0 bridgehead atoms. The number of ether oxygens (including phenoxy) is 1. The van der Waals surface area contributed by atoms with Gasteiger partial charge in [-0.15, -0.1) is 13.2 Å². The summed E-state index contributed by atoms with van der Waals surface area (Å²) in [5.41, 5.74) is 6.19. The van der Waals surface area contributed by atoms with Crippen LogP contribution in [0.2, 0.25) is 0 Å². The van der Waals surface area contributed by atoms with Crippen molar-refractivity contribution in [3.8, 4) is 5.75 Å². The summed E-state index contributed by atoms with van der Waals surface area (Å²) < 4.78 is 69.1. The van der Waals surface area contributed by atoms with Gasteiger partial charge in [-0.2, -0.15) is 0 Å². The minimum absolute atomic E-state index is 0.151. The first kappa shape index (κ1) is 20.9. The Morgan fingerprint density at radius 2 is 1.90 bits per heavy atom. The predicted molar refractivity (Wildman–Crippen MR) is 101 cm³/mol. The zero-order chi connectivity index (χ0) is 22.3. The Morgan fingerprint density at radius 1 is 1.19 bits per heavy atom. The molecule has 0 saturated carbocycles. The van der Waals surface area contributed by atoms with Crippen LogP contribution in [0.15, 0.2) is 30.6 Å². The van der Waals surface area contributed by atoms with E-state index in [4.69, 9.17) is 5.73 Å². The number of carbonyl (C=O) groups is 1. The van der Waals surface area contributed by atoms with Crippen LogP contribution in [0.25, 0.3) is 11.0 Å². The van der Waals surface area contributed by atoms with E-state index >= 15 is 0 Å². The third kappa shape index (κ3) is 4.12. The number of piperidine rings is 1. The number of rotatable bonds is 3. The maximum absolute atomic E-state index is 14.4. The monoisotopic (exact) mass is 440 g/mol. The Hall–Kier alpha value is -3.37. The molecule has 3 N–H and O–H groups in total. The molecule has 0 unspecified atom stereocenters. The van der Waals surface area contributed by atoms with Crippen molar-refractivity contribution in [2.75, 3.05) is 18.8 Å². The SMILES string of the molecule is Nc1cc(OC(F)(F)F)c(F)cc1C(=O)N1CCC(c2c(F)cnc3[nH]ccc23)CC1. The van der Waals surface area contributed by atoms with E-state index < -0.39 is 29.7 Å². The van der Waals surface area contributed by atoms with E-state index in [-0.39, 0.29) is 30.3 Å². The molecule has 1 aromatic carbocycles. The van der Waals surface area contributed by atoms with Gasteiger partial charge in [0.2, 0.25) is 0 Å². The van der Waals surface area contributed by atoms with Crippen LogP contribution in [0, 0.1) is 11.6 Å². The van der Waals surface area contributed by atoms with Crippen molar-refractivity contribution in [3.05, 3.63) is 53.4 Å². The zero-order valence-electron chi connectivity index (χ0n) is 16.0. The topological polar surface area (TPSA) is 84.2 Å². The molecule has 31 heavy (non-hydrogen) atoms. The summed E-state index contributed by atoms with van der Waals surface area (Å²) in [4.78, 5) is 21.1. The second-order valence-electron chi connectivity index (χ2n) is 7.24. The third-order valence-electron chi connectivity index (χ3n) is 5.33. The number of H-pyrrole nitrogens is 1. The number of nitrogens with zero attached hydrogens (tertiary/aromatic N) is 2. The van der Waals surface area contributed by atoms with E-state index in [0.29, 0.717) is 41.6 Å². The lowest BCUT2D eigenvalue weighted by Gasteiger charge is -2.33. The number of benzene rings is 1. The molecule has 3 aromatic rings. The van der Waals surface area contributed by atoms with E-state index in [2.05, 4.69) is 14.7 Å². The summed E-state index contributed by atoms with van der Waals surface area (Å²) in [6.45, 7) is 0.498. The largest absolute Gasteiger partial charge is 0.573 e. The lowest BCUT2D eigenvalue weighted by molar-refractivity contribution is -0.275. The van der Waals surface area contributed by atoms with Crippen molar-refractivity contribution in [1.29, 1.82) is 0 Å². The second kappa shape index (κ2) is 7.71.